The van der Waals surface area contributed by atoms with Crippen molar-refractivity contribution in [1.82, 2.24) is 15.0 Å². The molecular weight excluding hydrogens is 459 g/mol. The molecule has 0 spiro atoms. The second-order valence-corrected chi connectivity index (χ2v) is 8.53. The maximum absolute atomic E-state index is 13.1. The first-order chi connectivity index (χ1) is 15.6. The molecule has 4 N–H and O–H groups in total. The van der Waals surface area contributed by atoms with E-state index in [0.717, 1.165) is 12.3 Å². The minimum atomic E-state index is -3.86. The van der Waals surface area contributed by atoms with Gasteiger partial charge in [-0.05, 0) is 24.1 Å². The zero-order valence-electron chi connectivity index (χ0n) is 17.7. The normalized spacial score (nSPS) is 10.9. The molecule has 11 nitrogen and oxygen atoms in total. The van der Waals surface area contributed by atoms with Crippen LogP contribution in [0.15, 0.2) is 36.5 Å². The van der Waals surface area contributed by atoms with E-state index in [0.29, 0.717) is 18.4 Å². The number of sulfonamides is 1. The number of imide groups is 1. The summed E-state index contributed by atoms with van der Waals surface area (Å²) in [5.74, 6) is -3.04. The molecule has 33 heavy (non-hydrogen) atoms. The number of ether oxygens (including phenoxy) is 2. The SMILES string of the molecule is CCCCS(=O)(=O)NC(=O)c1cnc(OC(=O)NC(=O)CN)c(OCc2ccc(F)cc2)c1. The highest BCUT2D eigenvalue weighted by molar-refractivity contribution is 7.90. The molecule has 0 unspecified atom stereocenters. The summed E-state index contributed by atoms with van der Waals surface area (Å²) in [7, 11) is -3.86. The van der Waals surface area contributed by atoms with Gasteiger partial charge in [0.2, 0.25) is 15.9 Å². The predicted octanol–water partition coefficient (Wildman–Crippen LogP) is 1.23. The molecule has 1 heterocycles. The number of halogens is 1. The van der Waals surface area contributed by atoms with Crippen LogP contribution in [0.5, 0.6) is 11.6 Å². The number of hydrogen-bond acceptors (Lipinski definition) is 9. The first-order valence-corrected chi connectivity index (χ1v) is 11.4. The largest absolute Gasteiger partial charge is 0.483 e. The monoisotopic (exact) mass is 482 g/mol. The maximum Gasteiger partial charge on any atom is 0.420 e. The Balaban J connectivity index is 2.25. The van der Waals surface area contributed by atoms with Gasteiger partial charge in [-0.3, -0.25) is 14.9 Å². The number of pyridine rings is 1. The van der Waals surface area contributed by atoms with Crippen molar-refractivity contribution in [2.75, 3.05) is 12.3 Å². The van der Waals surface area contributed by atoms with Crippen molar-refractivity contribution < 1.29 is 36.7 Å². The van der Waals surface area contributed by atoms with Crippen LogP contribution in [0.3, 0.4) is 0 Å². The minimum Gasteiger partial charge on any atom is -0.483 e. The predicted molar refractivity (Wildman–Crippen MR) is 114 cm³/mol. The second-order valence-electron chi connectivity index (χ2n) is 6.69. The molecular formula is C20H23FN4O7S. The number of nitrogens with one attached hydrogen (secondary N) is 2. The fraction of sp³-hybridized carbons (Fsp3) is 0.300. The van der Waals surface area contributed by atoms with Gasteiger partial charge in [0.25, 0.3) is 11.8 Å². The van der Waals surface area contributed by atoms with Crippen LogP contribution in [0, 0.1) is 5.82 Å². The first kappa shape index (κ1) is 25.7. The van der Waals surface area contributed by atoms with Gasteiger partial charge in [0.1, 0.15) is 12.4 Å². The zero-order chi connectivity index (χ0) is 24.4. The molecule has 0 aliphatic rings. The van der Waals surface area contributed by atoms with E-state index in [1.165, 1.54) is 24.3 Å². The van der Waals surface area contributed by atoms with Crippen LogP contribution in [0.2, 0.25) is 0 Å². The van der Waals surface area contributed by atoms with Gasteiger partial charge >= 0.3 is 6.09 Å². The molecule has 0 saturated carbocycles. The van der Waals surface area contributed by atoms with E-state index in [1.54, 1.807) is 0 Å². The smallest absolute Gasteiger partial charge is 0.420 e. The van der Waals surface area contributed by atoms with Crippen molar-refractivity contribution in [3.8, 4) is 11.6 Å². The summed E-state index contributed by atoms with van der Waals surface area (Å²) < 4.78 is 49.5. The lowest BCUT2D eigenvalue weighted by atomic mass is 10.2. The van der Waals surface area contributed by atoms with Crippen molar-refractivity contribution >= 4 is 27.9 Å². The number of carbonyl (C=O) groups is 3. The van der Waals surface area contributed by atoms with Crippen molar-refractivity contribution in [3.05, 3.63) is 53.5 Å². The highest BCUT2D eigenvalue weighted by atomic mass is 32.2. The summed E-state index contributed by atoms with van der Waals surface area (Å²) in [6.45, 7) is 1.23. The average Bonchev–Trinajstić information content (AvgIpc) is 2.77. The third kappa shape index (κ3) is 8.46. The molecule has 0 saturated heterocycles. The summed E-state index contributed by atoms with van der Waals surface area (Å²) in [6, 6.07) is 6.45. The standard InChI is InChI=1S/C20H23FN4O7S/c1-2-3-8-33(29,30)25-18(27)14-9-16(31-12-13-4-6-15(21)7-5-13)19(23-11-14)32-20(28)24-17(26)10-22/h4-7,9,11H,2-3,8,10,12,22H2,1H3,(H,25,27)(H,24,26,28). The number of aromatic nitrogens is 1. The number of nitrogens with zero attached hydrogens (tertiary/aromatic N) is 1. The van der Waals surface area contributed by atoms with E-state index in [9.17, 15) is 27.2 Å². The van der Waals surface area contributed by atoms with Crippen molar-refractivity contribution in [2.45, 2.75) is 26.4 Å². The van der Waals surface area contributed by atoms with E-state index in [1.807, 2.05) is 17.0 Å². The van der Waals surface area contributed by atoms with Gasteiger partial charge in [-0.25, -0.2) is 27.3 Å². The van der Waals surface area contributed by atoms with Crippen LogP contribution in [0.4, 0.5) is 9.18 Å². The van der Waals surface area contributed by atoms with Gasteiger partial charge in [0, 0.05) is 12.3 Å². The number of rotatable bonds is 10. The van der Waals surface area contributed by atoms with Crippen molar-refractivity contribution in [2.24, 2.45) is 5.73 Å². The Morgan fingerprint density at radius 3 is 2.52 bits per heavy atom. The van der Waals surface area contributed by atoms with E-state index in [-0.39, 0.29) is 23.7 Å². The molecule has 13 heteroatoms. The fourth-order valence-corrected chi connectivity index (χ4v) is 3.51. The molecule has 2 rings (SSSR count). The Labute approximate surface area is 189 Å². The van der Waals surface area contributed by atoms with Gasteiger partial charge in [0.05, 0.1) is 17.9 Å². The Morgan fingerprint density at radius 2 is 1.88 bits per heavy atom. The van der Waals surface area contributed by atoms with Crippen LogP contribution >= 0.6 is 0 Å². The Kier molecular flexibility index (Phi) is 9.24. The van der Waals surface area contributed by atoms with Crippen LogP contribution in [-0.4, -0.2) is 43.6 Å². The lowest BCUT2D eigenvalue weighted by molar-refractivity contribution is -0.118. The van der Waals surface area contributed by atoms with Gasteiger partial charge < -0.3 is 15.2 Å². The van der Waals surface area contributed by atoms with E-state index in [2.05, 4.69) is 4.98 Å². The van der Waals surface area contributed by atoms with Crippen LogP contribution < -0.4 is 25.2 Å². The van der Waals surface area contributed by atoms with Crippen LogP contribution in [0.1, 0.15) is 35.7 Å². The highest BCUT2D eigenvalue weighted by Crippen LogP contribution is 2.27. The topological polar surface area (TPSA) is 167 Å². The van der Waals surface area contributed by atoms with Crippen LogP contribution in [-0.2, 0) is 21.4 Å². The van der Waals surface area contributed by atoms with E-state index < -0.39 is 46.2 Å². The lowest BCUT2D eigenvalue weighted by Crippen LogP contribution is -2.37. The van der Waals surface area contributed by atoms with Crippen molar-refractivity contribution in [1.29, 1.82) is 0 Å². The number of benzene rings is 1. The lowest BCUT2D eigenvalue weighted by Gasteiger charge is -2.13. The molecule has 0 aliphatic carbocycles. The second kappa shape index (κ2) is 11.9. The van der Waals surface area contributed by atoms with Gasteiger partial charge in [-0.2, -0.15) is 0 Å². The number of hydrogen-bond donors (Lipinski definition) is 3. The average molecular weight is 482 g/mol. The van der Waals surface area contributed by atoms with E-state index in [4.69, 9.17) is 15.2 Å². The summed E-state index contributed by atoms with van der Waals surface area (Å²) in [5, 5.41) is 1.85. The van der Waals surface area contributed by atoms with E-state index >= 15 is 0 Å². The third-order valence-corrected chi connectivity index (χ3v) is 5.34. The number of unbranched alkanes of at least 4 members (excludes halogenated alkanes) is 1. The van der Waals surface area contributed by atoms with Gasteiger partial charge in [-0.15, -0.1) is 0 Å². The summed E-state index contributed by atoms with van der Waals surface area (Å²) >= 11 is 0. The Bertz CT molecular complexity index is 1110. The quantitative estimate of drug-likeness (QED) is 0.451. The summed E-state index contributed by atoms with van der Waals surface area (Å²) in [6.07, 6.45) is 0.779. The molecule has 0 bridgehead atoms. The van der Waals surface area contributed by atoms with Crippen molar-refractivity contribution in [3.63, 3.8) is 0 Å². The number of carbonyl (C=O) groups excluding carboxylic acids is 3. The Morgan fingerprint density at radius 1 is 1.18 bits per heavy atom. The summed E-state index contributed by atoms with van der Waals surface area (Å²) in [5.41, 5.74) is 5.48. The Hall–Kier alpha value is -3.58. The minimum absolute atomic E-state index is 0.123. The molecule has 0 aliphatic heterocycles. The first-order valence-electron chi connectivity index (χ1n) is 9.77. The zero-order valence-corrected chi connectivity index (χ0v) is 18.5. The third-order valence-electron chi connectivity index (χ3n) is 4.02. The molecule has 0 atom stereocenters. The highest BCUT2D eigenvalue weighted by Gasteiger charge is 2.20. The molecule has 0 radical (unpaired) electrons. The molecule has 178 valence electrons. The molecule has 0 fully saturated rings. The molecule has 2 aromatic rings. The fourth-order valence-electron chi connectivity index (χ4n) is 2.34. The molecule has 1 aromatic heterocycles. The number of amides is 3. The number of nitrogens with two attached hydrogens (primary N) is 1. The maximum atomic E-state index is 13.1. The van der Waals surface area contributed by atoms with Crippen LogP contribution in [0.25, 0.3) is 0 Å². The molecule has 1 aromatic carbocycles. The van der Waals surface area contributed by atoms with Gasteiger partial charge in [-0.1, -0.05) is 25.5 Å². The van der Waals surface area contributed by atoms with Gasteiger partial charge in [0.15, 0.2) is 5.75 Å². The summed E-state index contributed by atoms with van der Waals surface area (Å²) in [4.78, 5) is 39.3. The molecule has 3 amide bonds.